The van der Waals surface area contributed by atoms with Crippen molar-refractivity contribution in [3.63, 3.8) is 0 Å². The van der Waals surface area contributed by atoms with Gasteiger partial charge in [0.2, 0.25) is 0 Å². The molecule has 0 aliphatic rings. The zero-order valence-corrected chi connectivity index (χ0v) is 8.21. The second-order valence-corrected chi connectivity index (χ2v) is 3.20. The molecule has 0 aromatic carbocycles. The number of hydrogen-bond donors (Lipinski definition) is 2. The molecule has 1 heterocycles. The van der Waals surface area contributed by atoms with Gasteiger partial charge in [-0.1, -0.05) is 6.92 Å². The molecule has 1 aromatic rings. The van der Waals surface area contributed by atoms with Crippen molar-refractivity contribution in [1.82, 2.24) is 5.32 Å². The molecule has 1 aromatic heterocycles. The number of hydrogen-bond acceptors (Lipinski definition) is 3. The Hall–Kier alpha value is -0.800. The second-order valence-electron chi connectivity index (χ2n) is 3.20. The van der Waals surface area contributed by atoms with Gasteiger partial charge in [0.1, 0.15) is 5.76 Å². The van der Waals surface area contributed by atoms with Crippen LogP contribution in [0.3, 0.4) is 0 Å². The predicted molar refractivity (Wildman–Crippen MR) is 51.4 cm³/mol. The van der Waals surface area contributed by atoms with Gasteiger partial charge in [-0.05, 0) is 25.0 Å². The van der Waals surface area contributed by atoms with Crippen LogP contribution < -0.4 is 5.32 Å². The molecule has 0 amide bonds. The lowest BCUT2D eigenvalue weighted by Gasteiger charge is -2.12. The number of aliphatic hydroxyl groups excluding tert-OH is 1. The predicted octanol–water partition coefficient (Wildman–Crippen LogP) is 1.45. The standard InChI is InChI=1S/C10H17NO2/c1-3-9(7-12)11-6-10-8(2)4-5-13-10/h4-5,9,11-12H,3,6-7H2,1-2H3/t9-/m0/s1. The van der Waals surface area contributed by atoms with E-state index in [0.29, 0.717) is 6.54 Å². The highest BCUT2D eigenvalue weighted by atomic mass is 16.3. The van der Waals surface area contributed by atoms with Gasteiger partial charge in [-0.3, -0.25) is 0 Å². The average molecular weight is 183 g/mol. The molecule has 0 aliphatic carbocycles. The van der Waals surface area contributed by atoms with Crippen LogP contribution in [0, 0.1) is 6.92 Å². The highest BCUT2D eigenvalue weighted by Gasteiger charge is 2.06. The van der Waals surface area contributed by atoms with Gasteiger partial charge in [0.25, 0.3) is 0 Å². The summed E-state index contributed by atoms with van der Waals surface area (Å²) in [6, 6.07) is 2.11. The molecule has 0 unspecified atom stereocenters. The molecule has 3 nitrogen and oxygen atoms in total. The highest BCUT2D eigenvalue weighted by Crippen LogP contribution is 2.08. The minimum atomic E-state index is 0.171. The first-order valence-electron chi connectivity index (χ1n) is 4.65. The monoisotopic (exact) mass is 183 g/mol. The maximum atomic E-state index is 8.93. The van der Waals surface area contributed by atoms with Crippen molar-refractivity contribution in [2.24, 2.45) is 0 Å². The number of rotatable bonds is 5. The molecule has 0 saturated heterocycles. The van der Waals surface area contributed by atoms with E-state index in [0.717, 1.165) is 17.7 Å². The molecule has 3 heteroatoms. The summed E-state index contributed by atoms with van der Waals surface area (Å²) in [5, 5.41) is 12.1. The number of nitrogens with one attached hydrogen (secondary N) is 1. The zero-order chi connectivity index (χ0) is 9.68. The molecule has 2 N–H and O–H groups in total. The van der Waals surface area contributed by atoms with Crippen LogP contribution in [0.5, 0.6) is 0 Å². The fourth-order valence-electron chi connectivity index (χ4n) is 1.16. The van der Waals surface area contributed by atoms with Crippen LogP contribution in [0.1, 0.15) is 24.7 Å². The van der Waals surface area contributed by atoms with Gasteiger partial charge in [-0.15, -0.1) is 0 Å². The van der Waals surface area contributed by atoms with Crippen LogP contribution in [-0.2, 0) is 6.54 Å². The van der Waals surface area contributed by atoms with E-state index in [9.17, 15) is 0 Å². The zero-order valence-electron chi connectivity index (χ0n) is 8.21. The molecule has 13 heavy (non-hydrogen) atoms. The van der Waals surface area contributed by atoms with Crippen molar-refractivity contribution in [2.75, 3.05) is 6.61 Å². The summed E-state index contributed by atoms with van der Waals surface area (Å²) in [5.74, 6) is 0.951. The molecule has 0 bridgehead atoms. The summed E-state index contributed by atoms with van der Waals surface area (Å²) in [6.07, 6.45) is 2.61. The largest absolute Gasteiger partial charge is 0.468 e. The molecule has 1 rings (SSSR count). The van der Waals surface area contributed by atoms with Gasteiger partial charge in [-0.2, -0.15) is 0 Å². The molecule has 74 valence electrons. The van der Waals surface area contributed by atoms with E-state index < -0.39 is 0 Å². The first-order chi connectivity index (χ1) is 6.27. The third-order valence-corrected chi connectivity index (χ3v) is 2.23. The SMILES string of the molecule is CC[C@@H](CO)NCc1occc1C. The quantitative estimate of drug-likeness (QED) is 0.726. The molecule has 0 fully saturated rings. The van der Waals surface area contributed by atoms with Crippen molar-refractivity contribution in [3.05, 3.63) is 23.7 Å². The first kappa shape index (κ1) is 10.3. The van der Waals surface area contributed by atoms with Crippen LogP contribution in [0.15, 0.2) is 16.7 Å². The lowest BCUT2D eigenvalue weighted by molar-refractivity contribution is 0.235. The Morgan fingerprint density at radius 2 is 2.38 bits per heavy atom. The molecule has 1 atom stereocenters. The maximum Gasteiger partial charge on any atom is 0.120 e. The summed E-state index contributed by atoms with van der Waals surface area (Å²) < 4.78 is 5.26. The lowest BCUT2D eigenvalue weighted by Crippen LogP contribution is -2.31. The van der Waals surface area contributed by atoms with E-state index >= 15 is 0 Å². The van der Waals surface area contributed by atoms with Gasteiger partial charge >= 0.3 is 0 Å². The van der Waals surface area contributed by atoms with Crippen molar-refractivity contribution in [2.45, 2.75) is 32.9 Å². The van der Waals surface area contributed by atoms with Crippen LogP contribution in [0.2, 0.25) is 0 Å². The van der Waals surface area contributed by atoms with Gasteiger partial charge in [0.15, 0.2) is 0 Å². The minimum absolute atomic E-state index is 0.171. The van der Waals surface area contributed by atoms with E-state index in [4.69, 9.17) is 9.52 Å². The first-order valence-corrected chi connectivity index (χ1v) is 4.65. The van der Waals surface area contributed by atoms with Crippen molar-refractivity contribution in [3.8, 4) is 0 Å². The number of aryl methyl sites for hydroxylation is 1. The molecule has 0 radical (unpaired) electrons. The van der Waals surface area contributed by atoms with Gasteiger partial charge < -0.3 is 14.8 Å². The Balaban J connectivity index is 2.38. The Morgan fingerprint density at radius 3 is 2.85 bits per heavy atom. The maximum absolute atomic E-state index is 8.93. The molecule has 0 aliphatic heterocycles. The van der Waals surface area contributed by atoms with Gasteiger partial charge in [0, 0.05) is 6.04 Å². The van der Waals surface area contributed by atoms with Crippen LogP contribution >= 0.6 is 0 Å². The highest BCUT2D eigenvalue weighted by molar-refractivity contribution is 5.14. The summed E-state index contributed by atoms with van der Waals surface area (Å²) in [4.78, 5) is 0. The minimum Gasteiger partial charge on any atom is -0.468 e. The van der Waals surface area contributed by atoms with E-state index in [2.05, 4.69) is 5.32 Å². The topological polar surface area (TPSA) is 45.4 Å². The van der Waals surface area contributed by atoms with E-state index in [1.165, 1.54) is 0 Å². The Labute approximate surface area is 78.8 Å². The van der Waals surface area contributed by atoms with E-state index in [-0.39, 0.29) is 12.6 Å². The average Bonchev–Trinajstić information content (AvgIpc) is 2.54. The number of aliphatic hydroxyl groups is 1. The summed E-state index contributed by atoms with van der Waals surface area (Å²) in [6.45, 7) is 4.93. The second kappa shape index (κ2) is 5.04. The number of furan rings is 1. The molecule has 0 saturated carbocycles. The van der Waals surface area contributed by atoms with Crippen LogP contribution in [0.4, 0.5) is 0 Å². The van der Waals surface area contributed by atoms with Crippen molar-refractivity contribution < 1.29 is 9.52 Å². The third-order valence-electron chi connectivity index (χ3n) is 2.23. The van der Waals surface area contributed by atoms with Crippen molar-refractivity contribution >= 4 is 0 Å². The Bertz CT molecular complexity index is 241. The summed E-state index contributed by atoms with van der Waals surface area (Å²) in [7, 11) is 0. The normalized spacial score (nSPS) is 13.2. The molecular formula is C10H17NO2. The van der Waals surface area contributed by atoms with Crippen LogP contribution in [0.25, 0.3) is 0 Å². The van der Waals surface area contributed by atoms with Crippen molar-refractivity contribution in [1.29, 1.82) is 0 Å². The fraction of sp³-hybridized carbons (Fsp3) is 0.600. The van der Waals surface area contributed by atoms with E-state index in [1.807, 2.05) is 19.9 Å². The Morgan fingerprint density at radius 1 is 1.62 bits per heavy atom. The Kier molecular flexibility index (Phi) is 3.99. The summed E-state index contributed by atoms with van der Waals surface area (Å²) >= 11 is 0. The van der Waals surface area contributed by atoms with Crippen LogP contribution in [-0.4, -0.2) is 17.8 Å². The van der Waals surface area contributed by atoms with Gasteiger partial charge in [-0.25, -0.2) is 0 Å². The van der Waals surface area contributed by atoms with Gasteiger partial charge in [0.05, 0.1) is 19.4 Å². The van der Waals surface area contributed by atoms with E-state index in [1.54, 1.807) is 6.26 Å². The smallest absolute Gasteiger partial charge is 0.120 e. The molecular weight excluding hydrogens is 166 g/mol. The fourth-order valence-corrected chi connectivity index (χ4v) is 1.16. The lowest BCUT2D eigenvalue weighted by atomic mass is 10.2. The summed E-state index contributed by atoms with van der Waals surface area (Å²) in [5.41, 5.74) is 1.15. The molecule has 0 spiro atoms. The third kappa shape index (κ3) is 2.86.